The van der Waals surface area contributed by atoms with Crippen LogP contribution in [0.5, 0.6) is 5.75 Å². The average Bonchev–Trinajstić information content (AvgIpc) is 2.08. The highest BCUT2D eigenvalue weighted by Gasteiger charge is 1.99. The van der Waals surface area contributed by atoms with Crippen LogP contribution in [0.3, 0.4) is 0 Å². The number of halogens is 1. The van der Waals surface area contributed by atoms with Crippen LogP contribution in [0.2, 0.25) is 0 Å². The van der Waals surface area contributed by atoms with Crippen molar-refractivity contribution in [1.29, 1.82) is 0 Å². The first-order chi connectivity index (χ1) is 6.22. The molecule has 0 amide bonds. The molecule has 0 saturated carbocycles. The Balaban J connectivity index is 2.63. The van der Waals surface area contributed by atoms with Gasteiger partial charge in [0.05, 0.1) is 0 Å². The van der Waals surface area contributed by atoms with E-state index in [4.69, 9.17) is 4.74 Å². The van der Waals surface area contributed by atoms with Gasteiger partial charge in [0.2, 0.25) is 6.36 Å². The molecule has 13 heavy (non-hydrogen) atoms. The fourth-order valence-electron chi connectivity index (χ4n) is 0.988. The first-order valence-electron chi connectivity index (χ1n) is 4.05. The summed E-state index contributed by atoms with van der Waals surface area (Å²) in [5.74, 6) is 0.477. The molecular weight excluding hydrogens is 171 g/mol. The lowest BCUT2D eigenvalue weighted by atomic mass is 10.2. The monoisotopic (exact) mass is 182 g/mol. The summed E-state index contributed by atoms with van der Waals surface area (Å²) in [4.78, 5) is 10.1. The maximum Gasteiger partial charge on any atom is 0.235 e. The molecule has 0 fully saturated rings. The SMILES string of the molecule is CC(F)Oc1ccc(CC=O)cc1. The largest absolute Gasteiger partial charge is 0.461 e. The van der Waals surface area contributed by atoms with E-state index in [0.29, 0.717) is 12.2 Å². The molecule has 1 rings (SSSR count). The van der Waals surface area contributed by atoms with Gasteiger partial charge < -0.3 is 9.53 Å². The molecular formula is C10H11FO2. The predicted octanol–water partition coefficient (Wildman–Crippen LogP) is 2.12. The molecule has 0 heterocycles. The second-order valence-electron chi connectivity index (χ2n) is 2.68. The summed E-state index contributed by atoms with van der Waals surface area (Å²) < 4.78 is 17.1. The van der Waals surface area contributed by atoms with E-state index in [0.717, 1.165) is 11.8 Å². The summed E-state index contributed by atoms with van der Waals surface area (Å²) in [6.45, 7) is 1.32. The molecule has 0 N–H and O–H groups in total. The van der Waals surface area contributed by atoms with Crippen molar-refractivity contribution in [2.45, 2.75) is 19.7 Å². The second-order valence-corrected chi connectivity index (χ2v) is 2.68. The van der Waals surface area contributed by atoms with E-state index in [1.807, 2.05) is 0 Å². The Morgan fingerprint density at radius 1 is 1.46 bits per heavy atom. The van der Waals surface area contributed by atoms with E-state index < -0.39 is 6.36 Å². The lowest BCUT2D eigenvalue weighted by Gasteiger charge is -2.06. The highest BCUT2D eigenvalue weighted by Crippen LogP contribution is 2.13. The standard InChI is InChI=1S/C10H11FO2/c1-8(11)13-10-4-2-9(3-5-10)6-7-12/h2-5,7-8H,6H2,1H3. The van der Waals surface area contributed by atoms with Crippen LogP contribution in [0.25, 0.3) is 0 Å². The lowest BCUT2D eigenvalue weighted by molar-refractivity contribution is -0.107. The molecule has 0 radical (unpaired) electrons. The number of benzene rings is 1. The van der Waals surface area contributed by atoms with Crippen molar-refractivity contribution in [3.05, 3.63) is 29.8 Å². The lowest BCUT2D eigenvalue weighted by Crippen LogP contribution is -2.03. The van der Waals surface area contributed by atoms with E-state index in [9.17, 15) is 9.18 Å². The first kappa shape index (κ1) is 9.71. The highest BCUT2D eigenvalue weighted by atomic mass is 19.1. The Morgan fingerprint density at radius 2 is 2.08 bits per heavy atom. The molecule has 0 saturated heterocycles. The zero-order valence-electron chi connectivity index (χ0n) is 7.37. The molecule has 0 aromatic heterocycles. The topological polar surface area (TPSA) is 26.3 Å². The maximum atomic E-state index is 12.4. The van der Waals surface area contributed by atoms with E-state index in [-0.39, 0.29) is 0 Å². The van der Waals surface area contributed by atoms with E-state index in [2.05, 4.69) is 0 Å². The van der Waals surface area contributed by atoms with E-state index >= 15 is 0 Å². The Bertz CT molecular complexity index is 267. The molecule has 2 nitrogen and oxygen atoms in total. The van der Waals surface area contributed by atoms with Crippen LogP contribution in [0, 0.1) is 0 Å². The van der Waals surface area contributed by atoms with Gasteiger partial charge in [-0.2, -0.15) is 0 Å². The number of ether oxygens (including phenoxy) is 1. The Labute approximate surface area is 76.3 Å². The minimum Gasteiger partial charge on any atom is -0.461 e. The molecule has 1 unspecified atom stereocenters. The Hall–Kier alpha value is -1.38. The minimum absolute atomic E-state index is 0.380. The number of aldehydes is 1. The summed E-state index contributed by atoms with van der Waals surface area (Å²) in [6, 6.07) is 6.78. The molecule has 0 spiro atoms. The number of carbonyl (C=O) groups is 1. The van der Waals surface area contributed by atoms with Crippen LogP contribution in [-0.4, -0.2) is 12.6 Å². The van der Waals surface area contributed by atoms with Crippen LogP contribution in [0.4, 0.5) is 4.39 Å². The van der Waals surface area contributed by atoms with Gasteiger partial charge in [-0.25, -0.2) is 4.39 Å². The van der Waals surface area contributed by atoms with E-state index in [1.54, 1.807) is 24.3 Å². The number of carbonyl (C=O) groups excluding carboxylic acids is 1. The summed E-state index contributed by atoms with van der Waals surface area (Å²) in [5.41, 5.74) is 0.897. The number of rotatable bonds is 4. The quantitative estimate of drug-likeness (QED) is 0.667. The van der Waals surface area contributed by atoms with Gasteiger partial charge >= 0.3 is 0 Å². The van der Waals surface area contributed by atoms with Crippen LogP contribution < -0.4 is 4.74 Å². The molecule has 0 aliphatic rings. The van der Waals surface area contributed by atoms with Crippen molar-refractivity contribution in [2.75, 3.05) is 0 Å². The third kappa shape index (κ3) is 3.23. The summed E-state index contributed by atoms with van der Waals surface area (Å²) in [5, 5.41) is 0. The smallest absolute Gasteiger partial charge is 0.235 e. The van der Waals surface area contributed by atoms with Gasteiger partial charge in [0.1, 0.15) is 12.0 Å². The van der Waals surface area contributed by atoms with Crippen molar-refractivity contribution >= 4 is 6.29 Å². The number of hydrogen-bond acceptors (Lipinski definition) is 2. The molecule has 1 atom stereocenters. The third-order valence-electron chi connectivity index (χ3n) is 1.54. The van der Waals surface area contributed by atoms with Crippen molar-refractivity contribution in [1.82, 2.24) is 0 Å². The maximum absolute atomic E-state index is 12.4. The number of alkyl halides is 1. The first-order valence-corrected chi connectivity index (χ1v) is 4.05. The van der Waals surface area contributed by atoms with Crippen molar-refractivity contribution in [3.8, 4) is 5.75 Å². The summed E-state index contributed by atoms with van der Waals surface area (Å²) in [6.07, 6.45) is -0.101. The molecule has 0 bridgehead atoms. The number of hydrogen-bond donors (Lipinski definition) is 0. The van der Waals surface area contributed by atoms with Gasteiger partial charge in [0.25, 0.3) is 0 Å². The highest BCUT2D eigenvalue weighted by molar-refractivity contribution is 5.55. The van der Waals surface area contributed by atoms with Gasteiger partial charge in [-0.1, -0.05) is 12.1 Å². The predicted molar refractivity (Wildman–Crippen MR) is 47.4 cm³/mol. The van der Waals surface area contributed by atoms with E-state index in [1.165, 1.54) is 6.92 Å². The molecule has 1 aromatic carbocycles. The fraction of sp³-hybridized carbons (Fsp3) is 0.300. The normalized spacial score (nSPS) is 12.2. The van der Waals surface area contributed by atoms with Crippen molar-refractivity contribution < 1.29 is 13.9 Å². The fourth-order valence-corrected chi connectivity index (χ4v) is 0.988. The third-order valence-corrected chi connectivity index (χ3v) is 1.54. The Kier molecular flexibility index (Phi) is 3.43. The zero-order valence-corrected chi connectivity index (χ0v) is 7.37. The van der Waals surface area contributed by atoms with Crippen LogP contribution in [-0.2, 0) is 11.2 Å². The minimum atomic E-state index is -1.31. The van der Waals surface area contributed by atoms with Crippen molar-refractivity contribution in [2.24, 2.45) is 0 Å². The van der Waals surface area contributed by atoms with Gasteiger partial charge in [0, 0.05) is 13.3 Å². The van der Waals surface area contributed by atoms with Gasteiger partial charge in [-0.3, -0.25) is 0 Å². The van der Waals surface area contributed by atoms with Gasteiger partial charge in [0.15, 0.2) is 0 Å². The van der Waals surface area contributed by atoms with Gasteiger partial charge in [-0.05, 0) is 17.7 Å². The molecule has 1 aromatic rings. The molecule has 70 valence electrons. The van der Waals surface area contributed by atoms with Gasteiger partial charge in [-0.15, -0.1) is 0 Å². The second kappa shape index (κ2) is 4.60. The average molecular weight is 182 g/mol. The van der Waals surface area contributed by atoms with Crippen LogP contribution in [0.1, 0.15) is 12.5 Å². The summed E-state index contributed by atoms with van der Waals surface area (Å²) in [7, 11) is 0. The summed E-state index contributed by atoms with van der Waals surface area (Å²) >= 11 is 0. The molecule has 0 aliphatic heterocycles. The molecule has 0 aliphatic carbocycles. The Morgan fingerprint density at radius 3 is 2.54 bits per heavy atom. The van der Waals surface area contributed by atoms with Crippen molar-refractivity contribution in [3.63, 3.8) is 0 Å². The zero-order chi connectivity index (χ0) is 9.68. The van der Waals surface area contributed by atoms with Crippen LogP contribution in [0.15, 0.2) is 24.3 Å². The molecule has 3 heteroatoms. The van der Waals surface area contributed by atoms with Crippen LogP contribution >= 0.6 is 0 Å².